The van der Waals surface area contributed by atoms with E-state index in [1.807, 2.05) is 56.3 Å². The molecular weight excluding hydrogens is 330 g/mol. The van der Waals surface area contributed by atoms with Crippen molar-refractivity contribution in [3.63, 3.8) is 0 Å². The number of carbonyl (C=O) groups excluding carboxylic acids is 1. The normalized spacial score (nSPS) is 10.3. The second-order valence-corrected chi connectivity index (χ2v) is 5.77. The third-order valence-electron chi connectivity index (χ3n) is 3.90. The molecule has 140 valence electrons. The molecule has 1 N–H and O–H groups in total. The van der Waals surface area contributed by atoms with Gasteiger partial charge >= 0.3 is 0 Å². The maximum atomic E-state index is 12.1. The van der Waals surface area contributed by atoms with Crippen molar-refractivity contribution in [2.45, 2.75) is 33.2 Å². The lowest BCUT2D eigenvalue weighted by molar-refractivity contribution is -0.121. The minimum Gasteiger partial charge on any atom is -0.497 e. The number of hydrogen-bond acceptors (Lipinski definition) is 4. The number of ether oxygens (including phenoxy) is 3. The Bertz CT molecular complexity index is 698. The number of nitrogens with one attached hydrogen (secondary N) is 1. The van der Waals surface area contributed by atoms with Crippen LogP contribution < -0.4 is 19.5 Å². The fourth-order valence-electron chi connectivity index (χ4n) is 2.54. The van der Waals surface area contributed by atoms with Gasteiger partial charge in [0.05, 0.1) is 20.3 Å². The zero-order valence-corrected chi connectivity index (χ0v) is 15.7. The summed E-state index contributed by atoms with van der Waals surface area (Å²) in [7, 11) is 1.64. The topological polar surface area (TPSA) is 56.8 Å². The average molecular weight is 357 g/mol. The van der Waals surface area contributed by atoms with Crippen LogP contribution in [0.15, 0.2) is 42.5 Å². The quantitative estimate of drug-likeness (QED) is 0.704. The third kappa shape index (κ3) is 5.99. The Hall–Kier alpha value is -2.69. The monoisotopic (exact) mass is 357 g/mol. The molecule has 0 spiro atoms. The Labute approximate surface area is 155 Å². The van der Waals surface area contributed by atoms with Crippen molar-refractivity contribution in [3.05, 3.63) is 53.6 Å². The van der Waals surface area contributed by atoms with E-state index in [9.17, 15) is 4.79 Å². The summed E-state index contributed by atoms with van der Waals surface area (Å²) in [5.74, 6) is 2.27. The first-order valence-corrected chi connectivity index (χ1v) is 8.94. The number of benzene rings is 2. The number of rotatable bonds is 10. The van der Waals surface area contributed by atoms with Crippen LogP contribution in [0.1, 0.15) is 31.4 Å². The van der Waals surface area contributed by atoms with Crippen molar-refractivity contribution in [3.8, 4) is 17.2 Å². The molecule has 2 rings (SSSR count). The minimum atomic E-state index is 0.0210. The van der Waals surface area contributed by atoms with E-state index in [4.69, 9.17) is 14.2 Å². The van der Waals surface area contributed by atoms with Gasteiger partial charge in [0.2, 0.25) is 5.91 Å². The molecule has 0 aliphatic rings. The molecule has 2 aromatic carbocycles. The molecule has 0 bridgehead atoms. The zero-order chi connectivity index (χ0) is 18.8. The highest BCUT2D eigenvalue weighted by Crippen LogP contribution is 2.28. The van der Waals surface area contributed by atoms with Crippen LogP contribution in [0.2, 0.25) is 0 Å². The first kappa shape index (κ1) is 19.6. The average Bonchev–Trinajstić information content (AvgIpc) is 2.67. The smallest absolute Gasteiger partial charge is 0.220 e. The van der Waals surface area contributed by atoms with E-state index in [2.05, 4.69) is 5.32 Å². The van der Waals surface area contributed by atoms with Gasteiger partial charge in [-0.15, -0.1) is 0 Å². The van der Waals surface area contributed by atoms with E-state index in [1.165, 1.54) is 0 Å². The second-order valence-electron chi connectivity index (χ2n) is 5.77. The largest absolute Gasteiger partial charge is 0.497 e. The number of aryl methyl sites for hydroxylation is 1. The van der Waals surface area contributed by atoms with E-state index in [-0.39, 0.29) is 5.91 Å². The summed E-state index contributed by atoms with van der Waals surface area (Å²) in [6, 6.07) is 13.5. The van der Waals surface area contributed by atoms with Crippen molar-refractivity contribution in [2.75, 3.05) is 20.3 Å². The van der Waals surface area contributed by atoms with E-state index >= 15 is 0 Å². The van der Waals surface area contributed by atoms with Crippen LogP contribution in [-0.4, -0.2) is 26.2 Å². The lowest BCUT2D eigenvalue weighted by Gasteiger charge is -2.13. The van der Waals surface area contributed by atoms with Crippen LogP contribution in [0.25, 0.3) is 0 Å². The van der Waals surface area contributed by atoms with Crippen LogP contribution in [0.3, 0.4) is 0 Å². The van der Waals surface area contributed by atoms with Crippen molar-refractivity contribution >= 4 is 5.91 Å². The molecule has 0 heterocycles. The summed E-state index contributed by atoms with van der Waals surface area (Å²) in [4.78, 5) is 12.1. The molecule has 0 atom stereocenters. The van der Waals surface area contributed by atoms with Gasteiger partial charge in [0.15, 0.2) is 11.5 Å². The molecule has 5 nitrogen and oxygen atoms in total. The molecule has 0 aliphatic carbocycles. The molecule has 0 aromatic heterocycles. The Balaban J connectivity index is 1.84. The molecule has 1 amide bonds. The Morgan fingerprint density at radius 1 is 0.923 bits per heavy atom. The summed E-state index contributed by atoms with van der Waals surface area (Å²) >= 11 is 0. The van der Waals surface area contributed by atoms with Gasteiger partial charge in [0, 0.05) is 13.0 Å². The van der Waals surface area contributed by atoms with Crippen LogP contribution in [0.5, 0.6) is 17.2 Å². The summed E-state index contributed by atoms with van der Waals surface area (Å²) < 4.78 is 16.3. The van der Waals surface area contributed by atoms with Gasteiger partial charge in [-0.1, -0.05) is 18.2 Å². The summed E-state index contributed by atoms with van der Waals surface area (Å²) in [5, 5.41) is 2.95. The molecule has 0 fully saturated rings. The maximum absolute atomic E-state index is 12.1. The molecule has 26 heavy (non-hydrogen) atoms. The van der Waals surface area contributed by atoms with Crippen molar-refractivity contribution < 1.29 is 19.0 Å². The van der Waals surface area contributed by atoms with Crippen molar-refractivity contribution in [2.24, 2.45) is 0 Å². The number of amides is 1. The van der Waals surface area contributed by atoms with Gasteiger partial charge in [-0.25, -0.2) is 0 Å². The predicted octanol–water partition coefficient (Wildman–Crippen LogP) is 3.74. The molecule has 0 radical (unpaired) electrons. The predicted molar refractivity (Wildman–Crippen MR) is 102 cm³/mol. The number of hydrogen-bond donors (Lipinski definition) is 1. The maximum Gasteiger partial charge on any atom is 0.220 e. The highest BCUT2D eigenvalue weighted by Gasteiger charge is 2.08. The van der Waals surface area contributed by atoms with Crippen LogP contribution in [0.4, 0.5) is 0 Å². The van der Waals surface area contributed by atoms with Crippen LogP contribution in [-0.2, 0) is 17.8 Å². The summed E-state index contributed by atoms with van der Waals surface area (Å²) in [6.45, 7) is 5.49. The molecule has 0 aliphatic heterocycles. The van der Waals surface area contributed by atoms with Crippen LogP contribution >= 0.6 is 0 Å². The SMILES string of the molecule is CCOc1ccc(CNC(=O)CCc2ccc(OC)cc2)cc1OCC. The van der Waals surface area contributed by atoms with Gasteiger partial charge < -0.3 is 19.5 Å². The molecule has 0 saturated carbocycles. The molecule has 2 aromatic rings. The van der Waals surface area contributed by atoms with Gasteiger partial charge in [0.25, 0.3) is 0 Å². The minimum absolute atomic E-state index is 0.0210. The van der Waals surface area contributed by atoms with Crippen LogP contribution in [0, 0.1) is 0 Å². The molecule has 0 saturated heterocycles. The van der Waals surface area contributed by atoms with E-state index in [0.29, 0.717) is 38.3 Å². The van der Waals surface area contributed by atoms with Gasteiger partial charge in [0.1, 0.15) is 5.75 Å². The fourth-order valence-corrected chi connectivity index (χ4v) is 2.54. The van der Waals surface area contributed by atoms with Gasteiger partial charge in [-0.3, -0.25) is 4.79 Å². The van der Waals surface area contributed by atoms with Crippen molar-refractivity contribution in [1.29, 1.82) is 0 Å². The number of methoxy groups -OCH3 is 1. The Morgan fingerprint density at radius 3 is 2.23 bits per heavy atom. The third-order valence-corrected chi connectivity index (χ3v) is 3.90. The first-order valence-electron chi connectivity index (χ1n) is 8.94. The van der Waals surface area contributed by atoms with Gasteiger partial charge in [-0.2, -0.15) is 0 Å². The standard InChI is InChI=1S/C21H27NO4/c1-4-25-19-12-8-17(14-20(19)26-5-2)15-22-21(23)13-9-16-6-10-18(24-3)11-7-16/h6-8,10-12,14H,4-5,9,13,15H2,1-3H3,(H,22,23). The lowest BCUT2D eigenvalue weighted by Crippen LogP contribution is -2.23. The Kier molecular flexibility index (Phi) is 7.80. The molecule has 0 unspecified atom stereocenters. The molecular formula is C21H27NO4. The van der Waals surface area contributed by atoms with E-state index in [1.54, 1.807) is 7.11 Å². The van der Waals surface area contributed by atoms with Crippen molar-refractivity contribution in [1.82, 2.24) is 5.32 Å². The lowest BCUT2D eigenvalue weighted by atomic mass is 10.1. The first-order chi connectivity index (χ1) is 12.7. The van der Waals surface area contributed by atoms with E-state index < -0.39 is 0 Å². The summed E-state index contributed by atoms with van der Waals surface area (Å²) in [6.07, 6.45) is 1.14. The number of carbonyl (C=O) groups is 1. The highest BCUT2D eigenvalue weighted by atomic mass is 16.5. The van der Waals surface area contributed by atoms with Gasteiger partial charge in [-0.05, 0) is 55.7 Å². The zero-order valence-electron chi connectivity index (χ0n) is 15.7. The highest BCUT2D eigenvalue weighted by molar-refractivity contribution is 5.76. The summed E-state index contributed by atoms with van der Waals surface area (Å²) in [5.41, 5.74) is 2.09. The second kappa shape index (κ2) is 10.3. The Morgan fingerprint density at radius 2 is 1.58 bits per heavy atom. The fraction of sp³-hybridized carbons (Fsp3) is 0.381. The molecule has 5 heteroatoms. The van der Waals surface area contributed by atoms with E-state index in [0.717, 1.165) is 22.6 Å².